The Kier molecular flexibility index (Phi) is 2.47. The Hall–Kier alpha value is -0.760. The fourth-order valence-electron chi connectivity index (χ4n) is 1.41. The van der Waals surface area contributed by atoms with Crippen LogP contribution in [-0.4, -0.2) is 13.2 Å². The van der Waals surface area contributed by atoms with Crippen LogP contribution in [0.4, 0.5) is 0 Å². The van der Waals surface area contributed by atoms with E-state index < -0.39 is 0 Å². The summed E-state index contributed by atoms with van der Waals surface area (Å²) < 4.78 is 10.6. The van der Waals surface area contributed by atoms with Crippen molar-refractivity contribution in [3.05, 3.63) is 30.6 Å². The van der Waals surface area contributed by atoms with Crippen molar-refractivity contribution in [3.63, 3.8) is 0 Å². The van der Waals surface area contributed by atoms with Crippen molar-refractivity contribution in [1.29, 1.82) is 0 Å². The van der Waals surface area contributed by atoms with Crippen LogP contribution in [0.1, 0.15) is 12.8 Å². The lowest BCUT2D eigenvalue weighted by Gasteiger charge is -2.24. The molecule has 0 bridgehead atoms. The predicted molar refractivity (Wildman–Crippen MR) is 45.1 cm³/mol. The zero-order valence-corrected chi connectivity index (χ0v) is 6.95. The lowest BCUT2D eigenvalue weighted by molar-refractivity contribution is 0.0952. The molecule has 2 aliphatic heterocycles. The smallest absolute Gasteiger partial charge is 0.143 e. The van der Waals surface area contributed by atoms with Gasteiger partial charge in [-0.25, -0.2) is 0 Å². The molecule has 0 aromatic heterocycles. The summed E-state index contributed by atoms with van der Waals surface area (Å²) in [5.41, 5.74) is 0. The second-order valence-electron chi connectivity index (χ2n) is 2.97. The topological polar surface area (TPSA) is 18.5 Å². The Labute approximate surface area is 72.9 Å². The second-order valence-corrected chi connectivity index (χ2v) is 2.97. The molecule has 12 heavy (non-hydrogen) atoms. The highest BCUT2D eigenvalue weighted by Crippen LogP contribution is 2.26. The first-order valence-electron chi connectivity index (χ1n) is 4.33. The summed E-state index contributed by atoms with van der Waals surface area (Å²) in [4.78, 5) is 0. The fourth-order valence-corrected chi connectivity index (χ4v) is 1.41. The van der Waals surface area contributed by atoms with Gasteiger partial charge in [-0.2, -0.15) is 0 Å². The molecule has 1 unspecified atom stereocenters. The van der Waals surface area contributed by atoms with E-state index in [1.54, 1.807) is 0 Å². The molecule has 0 aromatic carbocycles. The third kappa shape index (κ3) is 1.69. The van der Waals surface area contributed by atoms with Crippen LogP contribution in [0.5, 0.6) is 0 Å². The first-order chi connectivity index (χ1) is 5.97. The molecule has 0 aliphatic carbocycles. The van der Waals surface area contributed by atoms with Crippen LogP contribution < -0.4 is 0 Å². The molecule has 2 rings (SSSR count). The van der Waals surface area contributed by atoms with Gasteiger partial charge in [0.25, 0.3) is 0 Å². The van der Waals surface area contributed by atoms with Gasteiger partial charge in [-0.05, 0) is 25.0 Å². The zero-order chi connectivity index (χ0) is 8.23. The summed E-state index contributed by atoms with van der Waals surface area (Å²) in [6.45, 7) is 4.45. The van der Waals surface area contributed by atoms with E-state index in [1.807, 2.05) is 18.2 Å². The lowest BCUT2D eigenvalue weighted by Crippen LogP contribution is -2.17. The monoisotopic (exact) mass is 164 g/mol. The van der Waals surface area contributed by atoms with Gasteiger partial charge in [-0.15, -0.1) is 0 Å². The SMILES string of the molecule is [C]1OCCCC1C1=CC=CCO1. The summed E-state index contributed by atoms with van der Waals surface area (Å²) in [7, 11) is 0. The molecule has 0 aromatic rings. The molecule has 2 heterocycles. The van der Waals surface area contributed by atoms with Crippen molar-refractivity contribution in [2.24, 2.45) is 5.92 Å². The van der Waals surface area contributed by atoms with Crippen LogP contribution in [0, 0.1) is 12.5 Å². The Morgan fingerprint density at radius 1 is 1.50 bits per heavy atom. The van der Waals surface area contributed by atoms with Gasteiger partial charge in [0, 0.05) is 6.61 Å². The molecule has 1 fully saturated rings. The summed E-state index contributed by atoms with van der Waals surface area (Å²) in [5, 5.41) is 0. The van der Waals surface area contributed by atoms with Crippen LogP contribution in [0.15, 0.2) is 24.0 Å². The summed E-state index contributed by atoms with van der Waals surface area (Å²) in [6.07, 6.45) is 8.21. The highest BCUT2D eigenvalue weighted by molar-refractivity contribution is 5.15. The molecule has 0 saturated carbocycles. The van der Waals surface area contributed by atoms with E-state index in [0.29, 0.717) is 6.61 Å². The minimum Gasteiger partial charge on any atom is -0.493 e. The van der Waals surface area contributed by atoms with Gasteiger partial charge in [0.2, 0.25) is 0 Å². The molecule has 0 N–H and O–H groups in total. The van der Waals surface area contributed by atoms with Crippen LogP contribution in [0.2, 0.25) is 0 Å². The Bertz CT molecular complexity index is 200. The number of rotatable bonds is 1. The Balaban J connectivity index is 1.97. The van der Waals surface area contributed by atoms with Crippen molar-refractivity contribution in [3.8, 4) is 0 Å². The summed E-state index contributed by atoms with van der Waals surface area (Å²) >= 11 is 0. The van der Waals surface area contributed by atoms with E-state index >= 15 is 0 Å². The third-order valence-electron chi connectivity index (χ3n) is 2.05. The largest absolute Gasteiger partial charge is 0.493 e. The maximum Gasteiger partial charge on any atom is 0.143 e. The molecule has 0 amide bonds. The molecular weight excluding hydrogens is 152 g/mol. The highest BCUT2D eigenvalue weighted by atomic mass is 16.5. The number of hydrogen-bond donors (Lipinski definition) is 0. The maximum atomic E-state index is 5.45. The summed E-state index contributed by atoms with van der Waals surface area (Å²) in [6, 6.07) is 0. The van der Waals surface area contributed by atoms with E-state index in [9.17, 15) is 0 Å². The molecule has 2 nitrogen and oxygen atoms in total. The average Bonchev–Trinajstić information content (AvgIpc) is 2.21. The average molecular weight is 164 g/mol. The van der Waals surface area contributed by atoms with E-state index in [2.05, 4.69) is 6.61 Å². The van der Waals surface area contributed by atoms with Gasteiger partial charge in [0.1, 0.15) is 19.0 Å². The Morgan fingerprint density at radius 3 is 3.17 bits per heavy atom. The van der Waals surface area contributed by atoms with E-state index in [0.717, 1.165) is 25.2 Å². The quantitative estimate of drug-likeness (QED) is 0.589. The van der Waals surface area contributed by atoms with Gasteiger partial charge in [-0.1, -0.05) is 6.08 Å². The first kappa shape index (κ1) is 7.87. The number of ether oxygens (including phenoxy) is 2. The van der Waals surface area contributed by atoms with Crippen LogP contribution in [-0.2, 0) is 9.47 Å². The third-order valence-corrected chi connectivity index (χ3v) is 2.05. The second kappa shape index (κ2) is 3.76. The summed E-state index contributed by atoms with van der Waals surface area (Å²) in [5.74, 6) is 1.25. The number of allylic oxidation sites excluding steroid dienone is 2. The van der Waals surface area contributed by atoms with Crippen LogP contribution in [0.3, 0.4) is 0 Å². The van der Waals surface area contributed by atoms with E-state index in [1.165, 1.54) is 0 Å². The predicted octanol–water partition coefficient (Wildman–Crippen LogP) is 1.92. The minimum atomic E-state index is 0.253. The first-order valence-corrected chi connectivity index (χ1v) is 4.33. The van der Waals surface area contributed by atoms with Crippen molar-refractivity contribution >= 4 is 0 Å². The molecule has 2 heteroatoms. The van der Waals surface area contributed by atoms with Gasteiger partial charge < -0.3 is 9.47 Å². The molecule has 2 radical (unpaired) electrons. The van der Waals surface area contributed by atoms with Crippen molar-refractivity contribution in [2.45, 2.75) is 12.8 Å². The zero-order valence-electron chi connectivity index (χ0n) is 6.95. The van der Waals surface area contributed by atoms with Crippen molar-refractivity contribution in [1.82, 2.24) is 0 Å². The lowest BCUT2D eigenvalue weighted by atomic mass is 9.99. The van der Waals surface area contributed by atoms with Crippen LogP contribution in [0.25, 0.3) is 0 Å². The minimum absolute atomic E-state index is 0.253. The van der Waals surface area contributed by atoms with Gasteiger partial charge in [0.05, 0.1) is 5.92 Å². The molecule has 1 atom stereocenters. The molecule has 2 aliphatic rings. The van der Waals surface area contributed by atoms with Gasteiger partial charge in [0.15, 0.2) is 0 Å². The molecule has 1 saturated heterocycles. The fraction of sp³-hybridized carbons (Fsp3) is 0.500. The standard InChI is InChI=1S/C10H12O2/c1-2-7-12-10(5-1)9-4-3-6-11-8-9/h1-2,5,9H,3-4,6-7H2. The van der Waals surface area contributed by atoms with Gasteiger partial charge in [-0.3, -0.25) is 0 Å². The number of hydrogen-bond acceptors (Lipinski definition) is 2. The molecule has 64 valence electrons. The normalized spacial score (nSPS) is 29.3. The van der Waals surface area contributed by atoms with Crippen molar-refractivity contribution in [2.75, 3.05) is 13.2 Å². The highest BCUT2D eigenvalue weighted by Gasteiger charge is 2.21. The van der Waals surface area contributed by atoms with E-state index in [-0.39, 0.29) is 5.92 Å². The Morgan fingerprint density at radius 2 is 2.50 bits per heavy atom. The molecular formula is C10H12O2. The van der Waals surface area contributed by atoms with E-state index in [4.69, 9.17) is 9.47 Å². The maximum absolute atomic E-state index is 5.45. The molecule has 0 spiro atoms. The van der Waals surface area contributed by atoms with Gasteiger partial charge >= 0.3 is 0 Å². The van der Waals surface area contributed by atoms with Crippen LogP contribution >= 0.6 is 0 Å². The van der Waals surface area contributed by atoms with Crippen molar-refractivity contribution < 1.29 is 9.47 Å².